The highest BCUT2D eigenvalue weighted by Crippen LogP contribution is 2.49. The molecule has 2 nitrogen and oxygen atoms in total. The third kappa shape index (κ3) is 4.33. The minimum absolute atomic E-state index is 0.137. The molecule has 0 aromatic rings. The Hall–Kier alpha value is -0.860. The molecule has 1 aliphatic carbocycles. The summed E-state index contributed by atoms with van der Waals surface area (Å²) < 4.78 is 0. The normalized spacial score (nSPS) is 32.8. The number of allylic oxidation sites excluding steroid dienone is 2. The molecule has 2 N–H and O–H groups in total. The van der Waals surface area contributed by atoms with Crippen molar-refractivity contribution in [3.63, 3.8) is 0 Å². The zero-order valence-corrected chi connectivity index (χ0v) is 14.8. The van der Waals surface area contributed by atoms with Crippen molar-refractivity contribution in [3.05, 3.63) is 37.0 Å². The van der Waals surface area contributed by atoms with Crippen LogP contribution in [-0.4, -0.2) is 22.4 Å². The van der Waals surface area contributed by atoms with Crippen LogP contribution in [0.2, 0.25) is 0 Å². The molecule has 1 aliphatic rings. The first-order valence-corrected chi connectivity index (χ1v) is 8.43. The van der Waals surface area contributed by atoms with Crippen LogP contribution in [0.3, 0.4) is 0 Å². The molecule has 0 aromatic heterocycles. The Bertz CT molecular complexity index is 425. The van der Waals surface area contributed by atoms with Gasteiger partial charge in [-0.15, -0.1) is 6.58 Å². The van der Waals surface area contributed by atoms with Crippen LogP contribution in [0.4, 0.5) is 0 Å². The van der Waals surface area contributed by atoms with Crippen LogP contribution in [0.1, 0.15) is 53.4 Å². The van der Waals surface area contributed by atoms with Crippen LogP contribution in [0, 0.1) is 23.2 Å². The van der Waals surface area contributed by atoms with Gasteiger partial charge in [0.2, 0.25) is 0 Å². The highest BCUT2D eigenvalue weighted by atomic mass is 16.3. The molecular formula is C20H34O2. The molecule has 126 valence electrons. The van der Waals surface area contributed by atoms with Crippen molar-refractivity contribution in [1.82, 2.24) is 0 Å². The largest absolute Gasteiger partial charge is 0.390 e. The van der Waals surface area contributed by atoms with Crippen LogP contribution in [-0.2, 0) is 0 Å². The fourth-order valence-electron chi connectivity index (χ4n) is 3.92. The lowest BCUT2D eigenvalue weighted by molar-refractivity contribution is 0.0132. The second-order valence-corrected chi connectivity index (χ2v) is 7.71. The smallest absolute Gasteiger partial charge is 0.100 e. The second-order valence-electron chi connectivity index (χ2n) is 7.71. The van der Waals surface area contributed by atoms with Gasteiger partial charge >= 0.3 is 0 Å². The fraction of sp³-hybridized carbons (Fsp3) is 0.700. The van der Waals surface area contributed by atoms with Crippen LogP contribution >= 0.6 is 0 Å². The van der Waals surface area contributed by atoms with Gasteiger partial charge in [-0.25, -0.2) is 0 Å². The molecule has 6 atom stereocenters. The summed E-state index contributed by atoms with van der Waals surface area (Å²) in [7, 11) is 0. The molecule has 0 spiro atoms. The second kappa shape index (κ2) is 7.61. The Morgan fingerprint density at radius 2 is 1.91 bits per heavy atom. The topological polar surface area (TPSA) is 40.5 Å². The maximum Gasteiger partial charge on any atom is 0.100 e. The number of hydrogen-bond acceptors (Lipinski definition) is 2. The van der Waals surface area contributed by atoms with E-state index in [1.165, 1.54) is 5.57 Å². The van der Waals surface area contributed by atoms with Gasteiger partial charge in [0.15, 0.2) is 0 Å². The first-order chi connectivity index (χ1) is 10.1. The minimum Gasteiger partial charge on any atom is -0.390 e. The number of aliphatic hydroxyl groups is 2. The minimum atomic E-state index is -0.818. The Morgan fingerprint density at radius 1 is 1.32 bits per heavy atom. The van der Waals surface area contributed by atoms with E-state index in [2.05, 4.69) is 46.6 Å². The Labute approximate surface area is 136 Å². The SMILES string of the molecule is C=CC1(C)CCC(C(C)CC(O)C(O)C(=C)C)CC1C(=C)C. The van der Waals surface area contributed by atoms with Gasteiger partial charge in [0.1, 0.15) is 6.10 Å². The lowest BCUT2D eigenvalue weighted by Crippen LogP contribution is -2.37. The highest BCUT2D eigenvalue weighted by molar-refractivity contribution is 5.12. The Balaban J connectivity index is 2.72. The lowest BCUT2D eigenvalue weighted by atomic mass is 9.60. The van der Waals surface area contributed by atoms with Crippen molar-refractivity contribution < 1.29 is 10.2 Å². The highest BCUT2D eigenvalue weighted by Gasteiger charge is 2.40. The van der Waals surface area contributed by atoms with E-state index in [1.54, 1.807) is 6.92 Å². The van der Waals surface area contributed by atoms with E-state index in [0.717, 1.165) is 19.3 Å². The first-order valence-electron chi connectivity index (χ1n) is 8.43. The number of hydrogen-bond donors (Lipinski definition) is 2. The van der Waals surface area contributed by atoms with Gasteiger partial charge in [0, 0.05) is 0 Å². The summed E-state index contributed by atoms with van der Waals surface area (Å²) in [4.78, 5) is 0. The summed E-state index contributed by atoms with van der Waals surface area (Å²) in [5.41, 5.74) is 1.99. The average molecular weight is 306 g/mol. The molecule has 2 heteroatoms. The van der Waals surface area contributed by atoms with E-state index in [0.29, 0.717) is 29.7 Å². The molecule has 1 fully saturated rings. The van der Waals surface area contributed by atoms with Crippen LogP contribution < -0.4 is 0 Å². The summed E-state index contributed by atoms with van der Waals surface area (Å²) in [5.74, 6) is 1.39. The molecule has 1 saturated carbocycles. The van der Waals surface area contributed by atoms with Gasteiger partial charge in [-0.1, -0.05) is 38.7 Å². The fourth-order valence-corrected chi connectivity index (χ4v) is 3.92. The van der Waals surface area contributed by atoms with Gasteiger partial charge in [0.25, 0.3) is 0 Å². The molecule has 0 radical (unpaired) electrons. The maximum absolute atomic E-state index is 10.2. The van der Waals surface area contributed by atoms with Crippen molar-refractivity contribution in [2.24, 2.45) is 23.2 Å². The molecule has 0 saturated heterocycles. The summed E-state index contributed by atoms with van der Waals surface area (Å²) in [5, 5.41) is 20.1. The first kappa shape index (κ1) is 19.2. The maximum atomic E-state index is 10.2. The molecule has 22 heavy (non-hydrogen) atoms. The average Bonchev–Trinajstić information content (AvgIpc) is 2.46. The molecule has 0 aliphatic heterocycles. The molecule has 1 rings (SSSR count). The molecule has 0 amide bonds. The van der Waals surface area contributed by atoms with Crippen LogP contribution in [0.15, 0.2) is 37.0 Å². The van der Waals surface area contributed by atoms with Gasteiger partial charge in [-0.3, -0.25) is 0 Å². The van der Waals surface area contributed by atoms with Gasteiger partial charge in [-0.2, -0.15) is 0 Å². The number of rotatable bonds is 7. The van der Waals surface area contributed by atoms with E-state index in [4.69, 9.17) is 0 Å². The van der Waals surface area contributed by atoms with E-state index < -0.39 is 12.2 Å². The monoisotopic (exact) mass is 306 g/mol. The van der Waals surface area contributed by atoms with Gasteiger partial charge in [-0.05, 0) is 68.3 Å². The molecule has 0 bridgehead atoms. The standard InChI is InChI=1S/C20H34O2/c1-8-20(7)10-9-16(12-17(20)13(2)3)15(6)11-18(21)19(22)14(4)5/h8,15-19,21-22H,1-2,4,9-12H2,3,5-7H3. The third-order valence-electron chi connectivity index (χ3n) is 5.74. The van der Waals surface area contributed by atoms with E-state index in [1.807, 2.05) is 0 Å². The Kier molecular flexibility index (Phi) is 6.64. The zero-order valence-electron chi connectivity index (χ0n) is 14.8. The van der Waals surface area contributed by atoms with Crippen molar-refractivity contribution in [1.29, 1.82) is 0 Å². The van der Waals surface area contributed by atoms with Crippen LogP contribution in [0.5, 0.6) is 0 Å². The summed E-state index contributed by atoms with van der Waals surface area (Å²) in [6.07, 6.45) is 4.52. The summed E-state index contributed by atoms with van der Waals surface area (Å²) in [6, 6.07) is 0. The summed E-state index contributed by atoms with van der Waals surface area (Å²) >= 11 is 0. The predicted molar refractivity (Wildman–Crippen MR) is 94.6 cm³/mol. The third-order valence-corrected chi connectivity index (χ3v) is 5.74. The Morgan fingerprint density at radius 3 is 2.36 bits per heavy atom. The lowest BCUT2D eigenvalue weighted by Gasteiger charge is -2.45. The predicted octanol–water partition coefficient (Wildman–Crippen LogP) is 4.50. The summed E-state index contributed by atoms with van der Waals surface area (Å²) in [6.45, 7) is 20.3. The van der Waals surface area contributed by atoms with Crippen molar-refractivity contribution in [3.8, 4) is 0 Å². The van der Waals surface area contributed by atoms with E-state index >= 15 is 0 Å². The van der Waals surface area contributed by atoms with E-state index in [-0.39, 0.29) is 5.41 Å². The number of aliphatic hydroxyl groups excluding tert-OH is 2. The van der Waals surface area contributed by atoms with Crippen molar-refractivity contribution in [2.75, 3.05) is 0 Å². The quantitative estimate of drug-likeness (QED) is 0.680. The van der Waals surface area contributed by atoms with Crippen molar-refractivity contribution in [2.45, 2.75) is 65.6 Å². The van der Waals surface area contributed by atoms with E-state index in [9.17, 15) is 10.2 Å². The molecular weight excluding hydrogens is 272 g/mol. The molecule has 0 heterocycles. The van der Waals surface area contributed by atoms with Gasteiger partial charge in [0.05, 0.1) is 6.10 Å². The molecule has 6 unspecified atom stereocenters. The van der Waals surface area contributed by atoms with Crippen molar-refractivity contribution >= 4 is 0 Å². The van der Waals surface area contributed by atoms with Gasteiger partial charge < -0.3 is 10.2 Å². The zero-order chi connectivity index (χ0) is 17.1. The molecule has 0 aromatic carbocycles. The van der Waals surface area contributed by atoms with Crippen LogP contribution in [0.25, 0.3) is 0 Å².